The fourth-order valence-corrected chi connectivity index (χ4v) is 3.41. The lowest BCUT2D eigenvalue weighted by Gasteiger charge is -2.23. The Labute approximate surface area is 183 Å². The molecule has 1 aromatic heterocycles. The third-order valence-electron chi connectivity index (χ3n) is 4.86. The van der Waals surface area contributed by atoms with Gasteiger partial charge in [0.15, 0.2) is 0 Å². The lowest BCUT2D eigenvalue weighted by molar-refractivity contribution is -0.0584. The molecule has 1 aromatic carbocycles. The molecule has 0 aliphatic carbocycles. The van der Waals surface area contributed by atoms with E-state index in [1.165, 1.54) is 29.2 Å². The van der Waals surface area contributed by atoms with Gasteiger partial charge in [0.05, 0.1) is 48.2 Å². The second kappa shape index (κ2) is 8.08. The fraction of sp³-hybridized carbons (Fsp3) is 0.381. The highest BCUT2D eigenvalue weighted by molar-refractivity contribution is 6.21. The largest absolute Gasteiger partial charge is 0.444 e. The first-order valence-corrected chi connectivity index (χ1v) is 9.95. The van der Waals surface area contributed by atoms with Crippen molar-refractivity contribution in [2.75, 3.05) is 13.2 Å². The lowest BCUT2D eigenvalue weighted by Crippen LogP contribution is -2.43. The molecule has 32 heavy (non-hydrogen) atoms. The third-order valence-corrected chi connectivity index (χ3v) is 4.86. The number of carbonyl (C=O) groups is 4. The molecule has 1 saturated heterocycles. The highest BCUT2D eigenvalue weighted by Gasteiger charge is 2.39. The number of benzene rings is 1. The van der Waals surface area contributed by atoms with Gasteiger partial charge in [0.2, 0.25) is 0 Å². The smallest absolute Gasteiger partial charge is 0.408 e. The van der Waals surface area contributed by atoms with Crippen LogP contribution in [0.1, 0.15) is 57.9 Å². The van der Waals surface area contributed by atoms with E-state index in [4.69, 9.17) is 14.3 Å². The number of ether oxygens (including phenoxy) is 2. The summed E-state index contributed by atoms with van der Waals surface area (Å²) in [5.74, 6) is -2.34. The second-order valence-corrected chi connectivity index (χ2v) is 8.40. The maximum atomic E-state index is 12.5. The topological polar surface area (TPSA) is 129 Å². The zero-order valence-electron chi connectivity index (χ0n) is 17.7. The molecule has 4 rings (SSSR count). The van der Waals surface area contributed by atoms with Gasteiger partial charge in [-0.2, -0.15) is 5.10 Å². The fourth-order valence-electron chi connectivity index (χ4n) is 3.41. The van der Waals surface area contributed by atoms with Gasteiger partial charge in [-0.3, -0.25) is 14.3 Å². The van der Waals surface area contributed by atoms with Gasteiger partial charge in [0, 0.05) is 6.20 Å². The van der Waals surface area contributed by atoms with Gasteiger partial charge in [-0.1, -0.05) is 17.2 Å². The molecule has 0 spiro atoms. The number of aromatic nitrogens is 2. The minimum absolute atomic E-state index is 0.0319. The molecular formula is C21H22N4O7. The number of carbonyl (C=O) groups excluding carboxylic acids is 4. The summed E-state index contributed by atoms with van der Waals surface area (Å²) in [6, 6.07) is 5.39. The highest BCUT2D eigenvalue weighted by Crippen LogP contribution is 2.24. The minimum atomic E-state index is -0.915. The number of alkyl carbamates (subject to hydrolysis) is 1. The molecule has 2 aliphatic heterocycles. The zero-order valence-corrected chi connectivity index (χ0v) is 17.7. The molecular weight excluding hydrogens is 420 g/mol. The van der Waals surface area contributed by atoms with Crippen LogP contribution in [0.4, 0.5) is 4.79 Å². The summed E-state index contributed by atoms with van der Waals surface area (Å²) in [5, 5.41) is 7.34. The van der Waals surface area contributed by atoms with E-state index in [0.29, 0.717) is 5.06 Å². The van der Waals surface area contributed by atoms with Crippen molar-refractivity contribution in [2.45, 2.75) is 38.5 Å². The molecule has 0 radical (unpaired) electrons. The predicted molar refractivity (Wildman–Crippen MR) is 108 cm³/mol. The van der Waals surface area contributed by atoms with E-state index in [-0.39, 0.29) is 35.9 Å². The summed E-state index contributed by atoms with van der Waals surface area (Å²) in [4.78, 5) is 54.4. The molecule has 2 aromatic rings. The molecule has 2 aliphatic rings. The predicted octanol–water partition coefficient (Wildman–Crippen LogP) is 1.72. The molecule has 11 nitrogen and oxygen atoms in total. The van der Waals surface area contributed by atoms with Crippen LogP contribution in [0.15, 0.2) is 36.7 Å². The monoisotopic (exact) mass is 442 g/mol. The summed E-state index contributed by atoms with van der Waals surface area (Å²) in [5.41, 5.74) is -0.282. The maximum Gasteiger partial charge on any atom is 0.408 e. The molecule has 0 saturated carbocycles. The Morgan fingerprint density at radius 2 is 1.78 bits per heavy atom. The number of imide groups is 1. The van der Waals surface area contributed by atoms with Gasteiger partial charge in [0.1, 0.15) is 5.60 Å². The standard InChI is InChI=1S/C21H22N4O7/c1-21(2,3)31-20(29)23-15-10-30-11-16(15)24-9-12(8-22-24)19(28)32-25-17(26)13-6-4-5-7-14(13)18(25)27/h4-9,15-16H,10-11H2,1-3H3,(H,23,29)/t15-,16+/m1/s1. The Balaban J connectivity index is 1.42. The Hall–Kier alpha value is -3.73. The second-order valence-electron chi connectivity index (χ2n) is 8.40. The summed E-state index contributed by atoms with van der Waals surface area (Å²) in [7, 11) is 0. The van der Waals surface area contributed by atoms with Crippen LogP contribution in [0.25, 0.3) is 0 Å². The summed E-state index contributed by atoms with van der Waals surface area (Å²) in [6.07, 6.45) is 2.07. The lowest BCUT2D eigenvalue weighted by atomic mass is 10.1. The van der Waals surface area contributed by atoms with Crippen molar-refractivity contribution in [2.24, 2.45) is 0 Å². The molecule has 2 atom stereocenters. The first kappa shape index (κ1) is 21.5. The van der Waals surface area contributed by atoms with Crippen LogP contribution >= 0.6 is 0 Å². The summed E-state index contributed by atoms with van der Waals surface area (Å²) >= 11 is 0. The number of nitrogens with zero attached hydrogens (tertiary/aromatic N) is 3. The van der Waals surface area contributed by atoms with Crippen molar-refractivity contribution in [3.63, 3.8) is 0 Å². The van der Waals surface area contributed by atoms with Crippen LogP contribution in [0, 0.1) is 0 Å². The average Bonchev–Trinajstić information content (AvgIpc) is 3.43. The molecule has 168 valence electrons. The van der Waals surface area contributed by atoms with Crippen molar-refractivity contribution in [1.82, 2.24) is 20.2 Å². The van der Waals surface area contributed by atoms with Crippen molar-refractivity contribution in [3.8, 4) is 0 Å². The number of hydroxylamine groups is 2. The average molecular weight is 442 g/mol. The van der Waals surface area contributed by atoms with E-state index in [9.17, 15) is 19.2 Å². The minimum Gasteiger partial charge on any atom is -0.444 e. The van der Waals surface area contributed by atoms with Crippen LogP contribution in [-0.4, -0.2) is 63.6 Å². The summed E-state index contributed by atoms with van der Waals surface area (Å²) in [6.45, 7) is 5.78. The number of fused-ring (bicyclic) bond motifs is 1. The Morgan fingerprint density at radius 3 is 2.41 bits per heavy atom. The van der Waals surface area contributed by atoms with Gasteiger partial charge >= 0.3 is 12.1 Å². The number of nitrogens with one attached hydrogen (secondary N) is 1. The van der Waals surface area contributed by atoms with Crippen molar-refractivity contribution >= 4 is 23.9 Å². The van der Waals surface area contributed by atoms with Gasteiger partial charge < -0.3 is 19.6 Å². The molecule has 0 unspecified atom stereocenters. The number of amides is 3. The molecule has 11 heteroatoms. The quantitative estimate of drug-likeness (QED) is 0.709. The molecule has 1 N–H and O–H groups in total. The number of rotatable bonds is 4. The van der Waals surface area contributed by atoms with E-state index >= 15 is 0 Å². The highest BCUT2D eigenvalue weighted by atomic mass is 16.7. The van der Waals surface area contributed by atoms with E-state index in [1.807, 2.05) is 0 Å². The van der Waals surface area contributed by atoms with Gasteiger partial charge in [-0.05, 0) is 32.9 Å². The maximum absolute atomic E-state index is 12.5. The SMILES string of the molecule is CC(C)(C)OC(=O)N[C@@H]1COC[C@@H]1n1cc(C(=O)ON2C(=O)c3ccccc3C2=O)cn1. The Morgan fingerprint density at radius 1 is 1.12 bits per heavy atom. The normalized spacial score (nSPS) is 20.3. The number of hydrogen-bond acceptors (Lipinski definition) is 8. The third kappa shape index (κ3) is 4.19. The van der Waals surface area contributed by atoms with Crippen LogP contribution in [0.3, 0.4) is 0 Å². The van der Waals surface area contributed by atoms with Crippen molar-refractivity contribution in [3.05, 3.63) is 53.3 Å². The van der Waals surface area contributed by atoms with Crippen LogP contribution in [-0.2, 0) is 14.3 Å². The van der Waals surface area contributed by atoms with Crippen LogP contribution in [0.2, 0.25) is 0 Å². The zero-order chi connectivity index (χ0) is 23.0. The number of hydrogen-bond donors (Lipinski definition) is 1. The van der Waals surface area contributed by atoms with Gasteiger partial charge in [-0.25, -0.2) is 9.59 Å². The van der Waals surface area contributed by atoms with Gasteiger partial charge in [-0.15, -0.1) is 0 Å². The Bertz CT molecular complexity index is 1050. The first-order valence-electron chi connectivity index (χ1n) is 9.95. The first-order chi connectivity index (χ1) is 15.1. The van der Waals surface area contributed by atoms with Crippen LogP contribution < -0.4 is 5.32 Å². The van der Waals surface area contributed by atoms with Crippen molar-refractivity contribution in [1.29, 1.82) is 0 Å². The van der Waals surface area contributed by atoms with E-state index in [0.717, 1.165) is 0 Å². The van der Waals surface area contributed by atoms with Crippen LogP contribution in [0.5, 0.6) is 0 Å². The molecule has 0 bridgehead atoms. The molecule has 1 fully saturated rings. The molecule has 3 heterocycles. The van der Waals surface area contributed by atoms with E-state index in [1.54, 1.807) is 32.9 Å². The molecule has 3 amide bonds. The summed E-state index contributed by atoms with van der Waals surface area (Å²) < 4.78 is 12.2. The van der Waals surface area contributed by atoms with Gasteiger partial charge in [0.25, 0.3) is 11.8 Å². The Kier molecular flexibility index (Phi) is 5.43. The van der Waals surface area contributed by atoms with E-state index < -0.39 is 35.5 Å². The van der Waals surface area contributed by atoms with Crippen molar-refractivity contribution < 1.29 is 33.5 Å². The van der Waals surface area contributed by atoms with E-state index in [2.05, 4.69) is 10.4 Å².